The molecule has 0 aromatic heterocycles. The van der Waals surface area contributed by atoms with E-state index in [4.69, 9.17) is 5.73 Å². The largest absolute Gasteiger partial charge is 0.351 e. The van der Waals surface area contributed by atoms with Gasteiger partial charge in [-0.2, -0.15) is 0 Å². The third kappa shape index (κ3) is 1.08. The van der Waals surface area contributed by atoms with Crippen LogP contribution in [0.2, 0.25) is 0 Å². The van der Waals surface area contributed by atoms with Crippen LogP contribution in [0.4, 0.5) is 4.79 Å². The fourth-order valence-corrected chi connectivity index (χ4v) is 1.63. The molecule has 3 nitrogen and oxygen atoms in total. The molecule has 1 saturated heterocycles. The quantitative estimate of drug-likeness (QED) is 0.537. The first-order chi connectivity index (χ1) is 4.63. The van der Waals surface area contributed by atoms with Crippen molar-refractivity contribution in [2.75, 3.05) is 0 Å². The summed E-state index contributed by atoms with van der Waals surface area (Å²) in [7, 11) is 0. The molecule has 1 fully saturated rings. The Balaban J connectivity index is 2.63. The normalized spacial score (nSPS) is 32.8. The summed E-state index contributed by atoms with van der Waals surface area (Å²) in [4.78, 5) is 12.5. The summed E-state index contributed by atoms with van der Waals surface area (Å²) in [6, 6.07) is 0.400. The van der Waals surface area contributed by atoms with Gasteiger partial charge >= 0.3 is 6.03 Å². The zero-order chi connectivity index (χ0) is 7.72. The van der Waals surface area contributed by atoms with Gasteiger partial charge in [-0.3, -0.25) is 0 Å². The number of carbonyl (C=O) groups is 1. The van der Waals surface area contributed by atoms with Gasteiger partial charge in [0.2, 0.25) is 0 Å². The van der Waals surface area contributed by atoms with Crippen LogP contribution in [0.1, 0.15) is 26.7 Å². The summed E-state index contributed by atoms with van der Waals surface area (Å²) in [5.41, 5.74) is 5.17. The highest BCUT2D eigenvalue weighted by Crippen LogP contribution is 2.22. The molecule has 0 unspecified atom stereocenters. The molecule has 0 saturated carbocycles. The second-order valence-corrected chi connectivity index (χ2v) is 3.02. The average Bonchev–Trinajstić information content (AvgIpc) is 2.11. The van der Waals surface area contributed by atoms with Gasteiger partial charge in [-0.25, -0.2) is 4.79 Å². The molecule has 2 amide bonds. The summed E-state index contributed by atoms with van der Waals surface area (Å²) in [6.07, 6.45) is 2.17. The minimum Gasteiger partial charge on any atom is -0.351 e. The molecule has 1 heterocycles. The molecule has 1 rings (SSSR count). The molecule has 1 aliphatic rings. The molecule has 10 heavy (non-hydrogen) atoms. The maximum absolute atomic E-state index is 10.8. The first-order valence-corrected chi connectivity index (χ1v) is 3.70. The highest BCUT2D eigenvalue weighted by atomic mass is 16.2. The van der Waals surface area contributed by atoms with Crippen molar-refractivity contribution in [2.24, 2.45) is 5.73 Å². The number of primary amides is 1. The Bertz CT molecular complexity index is 137. The Labute approximate surface area is 61.2 Å². The van der Waals surface area contributed by atoms with Crippen LogP contribution < -0.4 is 5.73 Å². The molecule has 0 radical (unpaired) electrons. The fraction of sp³-hybridized carbons (Fsp3) is 0.857. The van der Waals surface area contributed by atoms with Crippen LogP contribution in [0.3, 0.4) is 0 Å². The molecule has 58 valence electrons. The Morgan fingerprint density at radius 2 is 1.80 bits per heavy atom. The third-order valence-corrected chi connectivity index (χ3v) is 2.21. The number of rotatable bonds is 0. The predicted molar refractivity (Wildman–Crippen MR) is 39.6 cm³/mol. The van der Waals surface area contributed by atoms with Gasteiger partial charge in [-0.15, -0.1) is 0 Å². The predicted octanol–water partition coefficient (Wildman–Crippen LogP) is 0.938. The molecule has 2 atom stereocenters. The minimum absolute atomic E-state index is 0.280. The average molecular weight is 142 g/mol. The van der Waals surface area contributed by atoms with Crippen LogP contribution in [0, 0.1) is 0 Å². The Morgan fingerprint density at radius 3 is 2.00 bits per heavy atom. The van der Waals surface area contributed by atoms with Gasteiger partial charge in [-0.1, -0.05) is 0 Å². The van der Waals surface area contributed by atoms with Gasteiger partial charge in [-0.05, 0) is 26.7 Å². The summed E-state index contributed by atoms with van der Waals surface area (Å²) in [5, 5.41) is 0. The Hall–Kier alpha value is -0.730. The third-order valence-electron chi connectivity index (χ3n) is 2.21. The van der Waals surface area contributed by atoms with E-state index in [0.717, 1.165) is 12.8 Å². The number of nitrogens with two attached hydrogens (primary N) is 1. The molecular weight excluding hydrogens is 128 g/mol. The molecule has 0 aromatic carbocycles. The first kappa shape index (κ1) is 7.38. The lowest BCUT2D eigenvalue weighted by atomic mass is 10.2. The second kappa shape index (κ2) is 2.48. The van der Waals surface area contributed by atoms with Gasteiger partial charge in [0.15, 0.2) is 0 Å². The van der Waals surface area contributed by atoms with Crippen molar-refractivity contribution in [3.63, 3.8) is 0 Å². The fourth-order valence-electron chi connectivity index (χ4n) is 1.63. The van der Waals surface area contributed by atoms with Crippen molar-refractivity contribution < 1.29 is 4.79 Å². The van der Waals surface area contributed by atoms with Gasteiger partial charge < -0.3 is 10.6 Å². The number of carbonyl (C=O) groups excluding carboxylic acids is 1. The van der Waals surface area contributed by atoms with Crippen LogP contribution in [0.25, 0.3) is 0 Å². The SMILES string of the molecule is C[C@@H]1CC[C@H](C)N1C(N)=O. The maximum atomic E-state index is 10.8. The first-order valence-electron chi connectivity index (χ1n) is 3.70. The van der Waals surface area contributed by atoms with E-state index in [1.54, 1.807) is 4.90 Å². The van der Waals surface area contributed by atoms with Crippen molar-refractivity contribution >= 4 is 6.03 Å². The van der Waals surface area contributed by atoms with Crippen molar-refractivity contribution in [2.45, 2.75) is 38.8 Å². The number of likely N-dealkylation sites (tertiary alicyclic amines) is 1. The van der Waals surface area contributed by atoms with Crippen LogP contribution in [-0.4, -0.2) is 23.0 Å². The number of urea groups is 1. The van der Waals surface area contributed by atoms with Crippen LogP contribution in [0.15, 0.2) is 0 Å². The number of nitrogens with zero attached hydrogens (tertiary/aromatic N) is 1. The van der Waals surface area contributed by atoms with Crippen LogP contribution in [0.5, 0.6) is 0 Å². The van der Waals surface area contributed by atoms with Crippen molar-refractivity contribution in [3.05, 3.63) is 0 Å². The number of amides is 2. The highest BCUT2D eigenvalue weighted by Gasteiger charge is 2.29. The monoisotopic (exact) mass is 142 g/mol. The van der Waals surface area contributed by atoms with E-state index in [1.165, 1.54) is 0 Å². The van der Waals surface area contributed by atoms with Crippen molar-refractivity contribution in [1.29, 1.82) is 0 Å². The molecule has 0 aliphatic carbocycles. The van der Waals surface area contributed by atoms with Crippen molar-refractivity contribution in [3.8, 4) is 0 Å². The van der Waals surface area contributed by atoms with E-state index in [1.807, 2.05) is 13.8 Å². The summed E-state index contributed by atoms with van der Waals surface area (Å²) < 4.78 is 0. The molecule has 2 N–H and O–H groups in total. The topological polar surface area (TPSA) is 46.3 Å². The minimum atomic E-state index is -0.280. The van der Waals surface area contributed by atoms with Crippen LogP contribution in [-0.2, 0) is 0 Å². The van der Waals surface area contributed by atoms with E-state index < -0.39 is 0 Å². The molecular formula is C7H14N2O. The van der Waals surface area contributed by atoms with E-state index in [9.17, 15) is 4.79 Å². The highest BCUT2D eigenvalue weighted by molar-refractivity contribution is 5.73. The van der Waals surface area contributed by atoms with Gasteiger partial charge in [0.05, 0.1) is 0 Å². The van der Waals surface area contributed by atoms with Gasteiger partial charge in [0.25, 0.3) is 0 Å². The maximum Gasteiger partial charge on any atom is 0.315 e. The smallest absolute Gasteiger partial charge is 0.315 e. The van der Waals surface area contributed by atoms with Gasteiger partial charge in [0.1, 0.15) is 0 Å². The lowest BCUT2D eigenvalue weighted by Crippen LogP contribution is -2.42. The molecule has 0 aromatic rings. The number of hydrogen-bond donors (Lipinski definition) is 1. The van der Waals surface area contributed by atoms with E-state index in [0.29, 0.717) is 12.1 Å². The lowest BCUT2D eigenvalue weighted by Gasteiger charge is -2.23. The zero-order valence-corrected chi connectivity index (χ0v) is 6.50. The molecule has 0 spiro atoms. The van der Waals surface area contributed by atoms with E-state index in [-0.39, 0.29) is 6.03 Å². The van der Waals surface area contributed by atoms with Crippen LogP contribution >= 0.6 is 0 Å². The molecule has 0 bridgehead atoms. The van der Waals surface area contributed by atoms with Gasteiger partial charge in [0, 0.05) is 12.1 Å². The Morgan fingerprint density at radius 1 is 1.40 bits per heavy atom. The summed E-state index contributed by atoms with van der Waals surface area (Å²) in [5.74, 6) is 0. The second-order valence-electron chi connectivity index (χ2n) is 3.02. The van der Waals surface area contributed by atoms with Crippen molar-refractivity contribution in [1.82, 2.24) is 4.90 Å². The molecule has 3 heteroatoms. The van der Waals surface area contributed by atoms with E-state index >= 15 is 0 Å². The molecule has 1 aliphatic heterocycles. The standard InChI is InChI=1S/C7H14N2O/c1-5-3-4-6(2)9(5)7(8)10/h5-6H,3-4H2,1-2H3,(H2,8,10)/t5-,6+. The summed E-state index contributed by atoms with van der Waals surface area (Å²) in [6.45, 7) is 4.07. The summed E-state index contributed by atoms with van der Waals surface area (Å²) >= 11 is 0. The lowest BCUT2D eigenvalue weighted by molar-refractivity contribution is 0.190. The van der Waals surface area contributed by atoms with E-state index in [2.05, 4.69) is 0 Å². The zero-order valence-electron chi connectivity index (χ0n) is 6.50. The number of hydrogen-bond acceptors (Lipinski definition) is 1. The Kier molecular flexibility index (Phi) is 1.83.